The first kappa shape index (κ1) is 13.9. The first-order chi connectivity index (χ1) is 8.08. The van der Waals surface area contributed by atoms with E-state index in [9.17, 15) is 14.6 Å². The molecule has 0 aromatic heterocycles. The number of nitrogens with one attached hydrogen (secondary N) is 1. The van der Waals surface area contributed by atoms with Crippen molar-refractivity contribution in [2.75, 3.05) is 6.61 Å². The number of rotatable bonds is 6. The van der Waals surface area contributed by atoms with Crippen LogP contribution in [0.25, 0.3) is 0 Å². The average Bonchev–Trinajstić information content (AvgIpc) is 2.36. The van der Waals surface area contributed by atoms with Crippen LogP contribution in [0.15, 0.2) is 18.2 Å². The lowest BCUT2D eigenvalue weighted by Gasteiger charge is -2.31. The number of aliphatic hydroxyl groups excluding tert-OH is 1. The summed E-state index contributed by atoms with van der Waals surface area (Å²) in [7, 11) is 0. The lowest BCUT2D eigenvalue weighted by molar-refractivity contribution is 0.149. The van der Waals surface area contributed by atoms with E-state index in [4.69, 9.17) is 0 Å². The van der Waals surface area contributed by atoms with Gasteiger partial charge in [0.1, 0.15) is 0 Å². The summed E-state index contributed by atoms with van der Waals surface area (Å²) in [5, 5.41) is 22.1. The van der Waals surface area contributed by atoms with E-state index >= 15 is 0 Å². The fraction of sp³-hybridized carbons (Fsp3) is 0.538. The maximum atomic E-state index is 13.1. The van der Waals surface area contributed by atoms with Gasteiger partial charge in [-0.15, -0.1) is 0 Å². The third kappa shape index (κ3) is 3.17. The number of hydrogen-bond donors (Lipinski definition) is 3. The molecule has 17 heavy (non-hydrogen) atoms. The summed E-state index contributed by atoms with van der Waals surface area (Å²) in [6.07, 6.45) is 1.55. The van der Waals surface area contributed by atoms with Crippen molar-refractivity contribution in [1.29, 1.82) is 0 Å². The minimum Gasteiger partial charge on any atom is -0.505 e. The molecule has 96 valence electrons. The molecule has 0 aliphatic heterocycles. The first-order valence-electron chi connectivity index (χ1n) is 5.90. The lowest BCUT2D eigenvalue weighted by Crippen LogP contribution is -2.47. The van der Waals surface area contributed by atoms with Gasteiger partial charge in [0.2, 0.25) is 0 Å². The van der Waals surface area contributed by atoms with Crippen molar-refractivity contribution in [1.82, 2.24) is 5.32 Å². The van der Waals surface area contributed by atoms with Crippen molar-refractivity contribution in [2.45, 2.75) is 38.8 Å². The zero-order valence-electron chi connectivity index (χ0n) is 10.3. The number of halogens is 1. The molecule has 0 atom stereocenters. The predicted molar refractivity (Wildman–Crippen MR) is 65.3 cm³/mol. The van der Waals surface area contributed by atoms with Gasteiger partial charge in [0.15, 0.2) is 11.6 Å². The van der Waals surface area contributed by atoms with Gasteiger partial charge >= 0.3 is 0 Å². The normalized spacial score (nSPS) is 11.8. The molecule has 3 N–H and O–H groups in total. The Morgan fingerprint density at radius 1 is 1.29 bits per heavy atom. The van der Waals surface area contributed by atoms with E-state index in [-0.39, 0.29) is 17.9 Å². The average molecular weight is 241 g/mol. The number of benzene rings is 1. The molecule has 0 unspecified atom stereocenters. The van der Waals surface area contributed by atoms with Crippen LogP contribution >= 0.6 is 0 Å². The van der Waals surface area contributed by atoms with Gasteiger partial charge in [-0.05, 0) is 18.9 Å². The maximum Gasteiger partial charge on any atom is 0.165 e. The van der Waals surface area contributed by atoms with E-state index in [0.717, 1.165) is 12.8 Å². The fourth-order valence-corrected chi connectivity index (χ4v) is 1.76. The van der Waals surface area contributed by atoms with Gasteiger partial charge in [-0.3, -0.25) is 0 Å². The van der Waals surface area contributed by atoms with Crippen molar-refractivity contribution >= 4 is 0 Å². The van der Waals surface area contributed by atoms with Gasteiger partial charge in [0.25, 0.3) is 0 Å². The van der Waals surface area contributed by atoms with Crippen molar-refractivity contribution in [3.05, 3.63) is 29.6 Å². The summed E-state index contributed by atoms with van der Waals surface area (Å²) in [6.45, 7) is 4.33. The molecule has 3 nitrogen and oxygen atoms in total. The van der Waals surface area contributed by atoms with Gasteiger partial charge in [-0.25, -0.2) is 4.39 Å². The lowest BCUT2D eigenvalue weighted by atomic mass is 9.93. The molecule has 0 radical (unpaired) electrons. The first-order valence-corrected chi connectivity index (χ1v) is 5.90. The summed E-state index contributed by atoms with van der Waals surface area (Å²) in [6, 6.07) is 4.45. The molecule has 0 aliphatic rings. The highest BCUT2D eigenvalue weighted by atomic mass is 19.1. The van der Waals surface area contributed by atoms with Crippen molar-refractivity contribution in [2.24, 2.45) is 0 Å². The number of aliphatic hydroxyl groups is 1. The van der Waals surface area contributed by atoms with E-state index in [0.29, 0.717) is 12.1 Å². The smallest absolute Gasteiger partial charge is 0.165 e. The Bertz CT molecular complexity index is 356. The minimum absolute atomic E-state index is 0.0239. The predicted octanol–water partition coefficient (Wildman–Crippen LogP) is 2.17. The number of phenolic OH excluding ortho intramolecular Hbond substituents is 1. The molecular weight excluding hydrogens is 221 g/mol. The highest BCUT2D eigenvalue weighted by Gasteiger charge is 2.24. The molecule has 0 bridgehead atoms. The maximum absolute atomic E-state index is 13.1. The molecule has 4 heteroatoms. The van der Waals surface area contributed by atoms with Crippen LogP contribution in [0.2, 0.25) is 0 Å². The van der Waals surface area contributed by atoms with Gasteiger partial charge in [-0.1, -0.05) is 26.0 Å². The summed E-state index contributed by atoms with van der Waals surface area (Å²) in [4.78, 5) is 0. The topological polar surface area (TPSA) is 52.5 Å². The standard InChI is InChI=1S/C13H20FNO2/c1-3-13(4-2,9-16)15-8-10-6-5-7-11(14)12(10)17/h5-7,15-17H,3-4,8-9H2,1-2H3. The molecule has 0 amide bonds. The Morgan fingerprint density at radius 2 is 1.94 bits per heavy atom. The van der Waals surface area contributed by atoms with Crippen LogP contribution in [0.1, 0.15) is 32.3 Å². The Hall–Kier alpha value is -1.13. The van der Waals surface area contributed by atoms with Gasteiger partial charge in [0.05, 0.1) is 6.61 Å². The van der Waals surface area contributed by atoms with E-state index in [1.165, 1.54) is 6.07 Å². The molecule has 1 aromatic carbocycles. The minimum atomic E-state index is -0.619. The summed E-state index contributed by atoms with van der Waals surface area (Å²) in [5.41, 5.74) is 0.142. The second-order valence-electron chi connectivity index (χ2n) is 4.25. The molecule has 0 fully saturated rings. The van der Waals surface area contributed by atoms with Crippen LogP contribution in [-0.4, -0.2) is 22.4 Å². The second kappa shape index (κ2) is 5.98. The van der Waals surface area contributed by atoms with Gasteiger partial charge in [-0.2, -0.15) is 0 Å². The quantitative estimate of drug-likeness (QED) is 0.715. The van der Waals surface area contributed by atoms with Crippen LogP contribution in [0.3, 0.4) is 0 Å². The highest BCUT2D eigenvalue weighted by molar-refractivity contribution is 5.33. The number of para-hydroxylation sites is 1. The molecule has 0 saturated carbocycles. The monoisotopic (exact) mass is 241 g/mol. The SMILES string of the molecule is CCC(CC)(CO)NCc1cccc(F)c1O. The number of aromatic hydroxyl groups is 1. The largest absolute Gasteiger partial charge is 0.505 e. The Morgan fingerprint density at radius 3 is 2.47 bits per heavy atom. The third-order valence-electron chi connectivity index (χ3n) is 3.38. The van der Waals surface area contributed by atoms with Crippen LogP contribution in [0.4, 0.5) is 4.39 Å². The van der Waals surface area contributed by atoms with Gasteiger partial charge < -0.3 is 15.5 Å². The van der Waals surface area contributed by atoms with Crippen molar-refractivity contribution in [3.63, 3.8) is 0 Å². The van der Waals surface area contributed by atoms with Crippen molar-refractivity contribution in [3.8, 4) is 5.75 Å². The highest BCUT2D eigenvalue weighted by Crippen LogP contribution is 2.22. The number of hydrogen-bond acceptors (Lipinski definition) is 3. The fourth-order valence-electron chi connectivity index (χ4n) is 1.76. The molecule has 0 spiro atoms. The zero-order valence-corrected chi connectivity index (χ0v) is 10.3. The summed E-state index contributed by atoms with van der Waals surface area (Å²) < 4.78 is 13.1. The molecule has 1 rings (SSSR count). The van der Waals surface area contributed by atoms with Crippen LogP contribution in [0.5, 0.6) is 5.75 Å². The number of phenols is 1. The molecular formula is C13H20FNO2. The van der Waals surface area contributed by atoms with E-state index in [2.05, 4.69) is 5.32 Å². The van der Waals surface area contributed by atoms with Gasteiger partial charge in [0, 0.05) is 17.6 Å². The molecule has 1 aromatic rings. The zero-order chi connectivity index (χ0) is 12.9. The molecule has 0 aliphatic carbocycles. The molecule has 0 saturated heterocycles. The van der Waals surface area contributed by atoms with E-state index < -0.39 is 5.82 Å². The van der Waals surface area contributed by atoms with Crippen LogP contribution < -0.4 is 5.32 Å². The summed E-state index contributed by atoms with van der Waals surface area (Å²) in [5.74, 6) is -0.939. The summed E-state index contributed by atoms with van der Waals surface area (Å²) >= 11 is 0. The van der Waals surface area contributed by atoms with Crippen LogP contribution in [0, 0.1) is 5.82 Å². The Labute approximate surface area is 101 Å². The van der Waals surface area contributed by atoms with Crippen LogP contribution in [-0.2, 0) is 6.54 Å². The third-order valence-corrected chi connectivity index (χ3v) is 3.38. The second-order valence-corrected chi connectivity index (χ2v) is 4.25. The Kier molecular flexibility index (Phi) is 4.90. The molecule has 0 heterocycles. The van der Waals surface area contributed by atoms with E-state index in [1.807, 2.05) is 13.8 Å². The van der Waals surface area contributed by atoms with E-state index in [1.54, 1.807) is 12.1 Å². The Balaban J connectivity index is 2.75. The van der Waals surface area contributed by atoms with Crippen molar-refractivity contribution < 1.29 is 14.6 Å².